The van der Waals surface area contributed by atoms with Crippen LogP contribution < -0.4 is 4.74 Å². The molecule has 2 heterocycles. The first kappa shape index (κ1) is 18.9. The molecule has 0 bridgehead atoms. The predicted octanol–water partition coefficient (Wildman–Crippen LogP) is 4.09. The van der Waals surface area contributed by atoms with Gasteiger partial charge in [0, 0.05) is 43.6 Å². The molecule has 1 saturated heterocycles. The summed E-state index contributed by atoms with van der Waals surface area (Å²) in [6.07, 6.45) is 4.18. The highest BCUT2D eigenvalue weighted by molar-refractivity contribution is 5.21. The van der Waals surface area contributed by atoms with E-state index in [1.807, 2.05) is 43.5 Å². The van der Waals surface area contributed by atoms with Gasteiger partial charge in [-0.15, -0.1) is 0 Å². The summed E-state index contributed by atoms with van der Waals surface area (Å²) in [5.41, 5.74) is 2.50. The van der Waals surface area contributed by atoms with Crippen LogP contribution in [-0.4, -0.2) is 42.8 Å². The van der Waals surface area contributed by atoms with E-state index in [-0.39, 0.29) is 5.41 Å². The molecule has 1 aromatic carbocycles. The quantitative estimate of drug-likeness (QED) is 0.635. The SMILES string of the molecule is CCOCC[C@]1(COc2ccccc2)CCN(Cc2ccc(C)nc2)C1. The smallest absolute Gasteiger partial charge is 0.119 e. The molecule has 4 heteroatoms. The van der Waals surface area contributed by atoms with Crippen molar-refractivity contribution in [1.82, 2.24) is 9.88 Å². The molecule has 1 aliphatic rings. The van der Waals surface area contributed by atoms with E-state index in [1.54, 1.807) is 0 Å². The monoisotopic (exact) mass is 354 g/mol. The summed E-state index contributed by atoms with van der Waals surface area (Å²) in [5, 5.41) is 0. The number of likely N-dealkylation sites (tertiary alicyclic amines) is 1. The van der Waals surface area contributed by atoms with Crippen LogP contribution in [0.5, 0.6) is 5.75 Å². The minimum atomic E-state index is 0.156. The van der Waals surface area contributed by atoms with Crippen molar-refractivity contribution in [3.63, 3.8) is 0 Å². The number of hydrogen-bond acceptors (Lipinski definition) is 4. The molecule has 0 spiro atoms. The lowest BCUT2D eigenvalue weighted by molar-refractivity contribution is 0.0728. The molecule has 0 radical (unpaired) electrons. The number of pyridine rings is 1. The van der Waals surface area contributed by atoms with Crippen LogP contribution in [0.15, 0.2) is 48.7 Å². The van der Waals surface area contributed by atoms with Gasteiger partial charge in [0.25, 0.3) is 0 Å². The minimum absolute atomic E-state index is 0.156. The van der Waals surface area contributed by atoms with E-state index < -0.39 is 0 Å². The Bertz CT molecular complexity index is 660. The number of rotatable bonds is 9. The van der Waals surface area contributed by atoms with Gasteiger partial charge in [-0.25, -0.2) is 0 Å². The number of aryl methyl sites for hydroxylation is 1. The van der Waals surface area contributed by atoms with Crippen molar-refractivity contribution in [2.75, 3.05) is 32.9 Å². The number of aromatic nitrogens is 1. The molecule has 0 saturated carbocycles. The topological polar surface area (TPSA) is 34.6 Å². The Labute approximate surface area is 157 Å². The lowest BCUT2D eigenvalue weighted by Gasteiger charge is -2.29. The van der Waals surface area contributed by atoms with E-state index in [0.717, 1.165) is 63.7 Å². The summed E-state index contributed by atoms with van der Waals surface area (Å²) in [7, 11) is 0. The fourth-order valence-electron chi connectivity index (χ4n) is 3.59. The zero-order chi connectivity index (χ0) is 18.2. The largest absolute Gasteiger partial charge is 0.493 e. The first-order valence-electron chi connectivity index (χ1n) is 9.59. The highest BCUT2D eigenvalue weighted by atomic mass is 16.5. The van der Waals surface area contributed by atoms with Gasteiger partial charge in [-0.1, -0.05) is 24.3 Å². The molecule has 2 aromatic rings. The third-order valence-electron chi connectivity index (χ3n) is 5.17. The highest BCUT2D eigenvalue weighted by Crippen LogP contribution is 2.35. The van der Waals surface area contributed by atoms with Crippen molar-refractivity contribution in [3.05, 3.63) is 59.9 Å². The average molecular weight is 354 g/mol. The van der Waals surface area contributed by atoms with E-state index in [9.17, 15) is 0 Å². The van der Waals surface area contributed by atoms with Crippen molar-refractivity contribution in [2.45, 2.75) is 33.2 Å². The zero-order valence-electron chi connectivity index (χ0n) is 16.0. The first-order chi connectivity index (χ1) is 12.7. The molecule has 0 amide bonds. The Hall–Kier alpha value is -1.91. The number of hydrogen-bond donors (Lipinski definition) is 0. The first-order valence-corrected chi connectivity index (χ1v) is 9.59. The number of benzene rings is 1. The Kier molecular flexibility index (Phi) is 6.64. The molecule has 0 aliphatic carbocycles. The van der Waals surface area contributed by atoms with Crippen LogP contribution in [-0.2, 0) is 11.3 Å². The van der Waals surface area contributed by atoms with Gasteiger partial charge in [0.1, 0.15) is 5.75 Å². The Morgan fingerprint density at radius 1 is 1.15 bits per heavy atom. The molecular formula is C22H30N2O2. The number of ether oxygens (including phenoxy) is 2. The lowest BCUT2D eigenvalue weighted by Crippen LogP contribution is -2.34. The summed E-state index contributed by atoms with van der Waals surface area (Å²) in [5.74, 6) is 0.949. The van der Waals surface area contributed by atoms with Gasteiger partial charge in [0.2, 0.25) is 0 Å². The molecule has 4 nitrogen and oxygen atoms in total. The van der Waals surface area contributed by atoms with Gasteiger partial charge in [-0.2, -0.15) is 0 Å². The van der Waals surface area contributed by atoms with E-state index in [2.05, 4.69) is 28.9 Å². The lowest BCUT2D eigenvalue weighted by atomic mass is 9.84. The van der Waals surface area contributed by atoms with Gasteiger partial charge in [0.05, 0.1) is 6.61 Å². The number of para-hydroxylation sites is 1. The van der Waals surface area contributed by atoms with Gasteiger partial charge < -0.3 is 9.47 Å². The third kappa shape index (κ3) is 5.29. The Morgan fingerprint density at radius 3 is 2.73 bits per heavy atom. The second-order valence-electron chi connectivity index (χ2n) is 7.32. The second-order valence-corrected chi connectivity index (χ2v) is 7.32. The molecule has 26 heavy (non-hydrogen) atoms. The molecule has 1 aliphatic heterocycles. The van der Waals surface area contributed by atoms with Crippen molar-refractivity contribution in [2.24, 2.45) is 5.41 Å². The van der Waals surface area contributed by atoms with Crippen molar-refractivity contribution in [3.8, 4) is 5.75 Å². The van der Waals surface area contributed by atoms with E-state index in [4.69, 9.17) is 9.47 Å². The minimum Gasteiger partial charge on any atom is -0.493 e. The molecule has 140 valence electrons. The molecular weight excluding hydrogens is 324 g/mol. The van der Waals surface area contributed by atoms with E-state index in [0.29, 0.717) is 0 Å². The summed E-state index contributed by atoms with van der Waals surface area (Å²) in [6, 6.07) is 14.4. The van der Waals surface area contributed by atoms with E-state index in [1.165, 1.54) is 5.56 Å². The Balaban J connectivity index is 1.61. The van der Waals surface area contributed by atoms with Crippen LogP contribution in [0.2, 0.25) is 0 Å². The molecule has 1 aromatic heterocycles. The zero-order valence-corrected chi connectivity index (χ0v) is 16.0. The highest BCUT2D eigenvalue weighted by Gasteiger charge is 2.38. The number of nitrogens with zero attached hydrogens (tertiary/aromatic N) is 2. The average Bonchev–Trinajstić information content (AvgIpc) is 3.06. The summed E-state index contributed by atoms with van der Waals surface area (Å²) in [6.45, 7) is 9.49. The molecule has 0 N–H and O–H groups in total. The Morgan fingerprint density at radius 2 is 2.00 bits per heavy atom. The molecule has 1 atom stereocenters. The maximum absolute atomic E-state index is 6.14. The van der Waals surface area contributed by atoms with Crippen LogP contribution >= 0.6 is 0 Å². The van der Waals surface area contributed by atoms with Crippen molar-refractivity contribution in [1.29, 1.82) is 0 Å². The maximum atomic E-state index is 6.14. The van der Waals surface area contributed by atoms with Crippen LogP contribution in [0, 0.1) is 12.3 Å². The standard InChI is InChI=1S/C22H30N2O2/c1-3-25-14-12-22(18-26-21-7-5-4-6-8-21)11-13-24(17-22)16-20-10-9-19(2)23-15-20/h4-10,15H,3,11-14,16-18H2,1-2H3/t22-/m1/s1. The van der Waals surface area contributed by atoms with Crippen LogP contribution in [0.25, 0.3) is 0 Å². The fourth-order valence-corrected chi connectivity index (χ4v) is 3.59. The summed E-state index contributed by atoms with van der Waals surface area (Å²) < 4.78 is 11.8. The van der Waals surface area contributed by atoms with Gasteiger partial charge >= 0.3 is 0 Å². The predicted molar refractivity (Wildman–Crippen MR) is 104 cm³/mol. The molecule has 3 rings (SSSR count). The van der Waals surface area contributed by atoms with Crippen molar-refractivity contribution >= 4 is 0 Å². The molecule has 1 fully saturated rings. The second kappa shape index (κ2) is 9.15. The van der Waals surface area contributed by atoms with Gasteiger partial charge in [-0.05, 0) is 57.0 Å². The fraction of sp³-hybridized carbons (Fsp3) is 0.500. The van der Waals surface area contributed by atoms with Crippen LogP contribution in [0.1, 0.15) is 31.0 Å². The van der Waals surface area contributed by atoms with E-state index >= 15 is 0 Å². The summed E-state index contributed by atoms with van der Waals surface area (Å²) in [4.78, 5) is 6.94. The van der Waals surface area contributed by atoms with Crippen LogP contribution in [0.3, 0.4) is 0 Å². The van der Waals surface area contributed by atoms with Gasteiger partial charge in [0.15, 0.2) is 0 Å². The summed E-state index contributed by atoms with van der Waals surface area (Å²) >= 11 is 0. The molecule has 0 unspecified atom stereocenters. The maximum Gasteiger partial charge on any atom is 0.119 e. The van der Waals surface area contributed by atoms with Crippen molar-refractivity contribution < 1.29 is 9.47 Å². The normalized spacial score (nSPS) is 20.4. The van der Waals surface area contributed by atoms with Gasteiger partial charge in [-0.3, -0.25) is 9.88 Å². The van der Waals surface area contributed by atoms with Crippen LogP contribution in [0.4, 0.5) is 0 Å². The third-order valence-corrected chi connectivity index (χ3v) is 5.17.